The predicted octanol–water partition coefficient (Wildman–Crippen LogP) is 1.66. The maximum Gasteiger partial charge on any atom is 0.325 e. The van der Waals surface area contributed by atoms with Crippen molar-refractivity contribution in [3.63, 3.8) is 0 Å². The fourth-order valence-corrected chi connectivity index (χ4v) is 1.46. The molecule has 0 aromatic heterocycles. The number of hydrogen-bond donors (Lipinski definition) is 2. The Morgan fingerprint density at radius 3 is 2.17 bits per heavy atom. The molecule has 1 aromatic carbocycles. The number of carboxylic acid groups (broad SMARTS) is 1. The van der Waals surface area contributed by atoms with E-state index in [1.807, 2.05) is 0 Å². The normalized spacial score (nSPS) is 13.8. The number of nitrogens with one attached hydrogen (secondary N) is 1. The van der Waals surface area contributed by atoms with E-state index in [0.29, 0.717) is 0 Å². The fourth-order valence-electron chi connectivity index (χ4n) is 1.46. The number of halogens is 2. The van der Waals surface area contributed by atoms with Crippen LogP contribution in [0.3, 0.4) is 0 Å². The highest BCUT2D eigenvalue weighted by molar-refractivity contribution is 5.87. The first-order valence-electron chi connectivity index (χ1n) is 5.31. The van der Waals surface area contributed by atoms with Gasteiger partial charge in [-0.25, -0.2) is 8.78 Å². The summed E-state index contributed by atoms with van der Waals surface area (Å²) in [5.41, 5.74) is -0.368. The Balaban J connectivity index is 2.90. The number of carboxylic acids is 1. The highest BCUT2D eigenvalue weighted by Gasteiger charge is 2.24. The van der Waals surface area contributed by atoms with E-state index in [2.05, 4.69) is 5.32 Å². The molecule has 0 heterocycles. The van der Waals surface area contributed by atoms with Gasteiger partial charge in [0.2, 0.25) is 5.91 Å². The number of carbonyl (C=O) groups is 2. The predicted molar refractivity (Wildman–Crippen MR) is 60.0 cm³/mol. The van der Waals surface area contributed by atoms with Crippen LogP contribution in [0.1, 0.15) is 25.3 Å². The van der Waals surface area contributed by atoms with Crippen LogP contribution in [0.5, 0.6) is 0 Å². The van der Waals surface area contributed by atoms with Crippen molar-refractivity contribution >= 4 is 11.9 Å². The van der Waals surface area contributed by atoms with Gasteiger partial charge in [-0.3, -0.25) is 9.59 Å². The molecule has 1 unspecified atom stereocenters. The number of carbonyl (C=O) groups excluding carboxylic acids is 1. The molecule has 1 amide bonds. The SMILES string of the molecule is CC(C(=O)N[C@@H](C)C(=O)O)c1c(F)cccc1F. The van der Waals surface area contributed by atoms with Gasteiger partial charge in [-0.15, -0.1) is 0 Å². The van der Waals surface area contributed by atoms with Crippen LogP contribution in [-0.2, 0) is 9.59 Å². The van der Waals surface area contributed by atoms with E-state index in [-0.39, 0.29) is 5.56 Å². The zero-order chi connectivity index (χ0) is 13.9. The highest BCUT2D eigenvalue weighted by atomic mass is 19.1. The molecule has 2 atom stereocenters. The monoisotopic (exact) mass is 257 g/mol. The van der Waals surface area contributed by atoms with Crippen LogP contribution in [0.4, 0.5) is 8.78 Å². The van der Waals surface area contributed by atoms with Crippen LogP contribution >= 0.6 is 0 Å². The molecule has 6 heteroatoms. The Kier molecular flexibility index (Phi) is 4.36. The van der Waals surface area contributed by atoms with Crippen molar-refractivity contribution in [3.05, 3.63) is 35.4 Å². The van der Waals surface area contributed by atoms with E-state index in [0.717, 1.165) is 12.1 Å². The molecule has 98 valence electrons. The standard InChI is InChI=1S/C12H13F2NO3/c1-6(11(16)15-7(2)12(17)18)10-8(13)4-3-5-9(10)14/h3-7H,1-2H3,(H,15,16)(H,17,18)/t6?,7-/m0/s1. The summed E-state index contributed by atoms with van der Waals surface area (Å²) in [4.78, 5) is 22.2. The minimum Gasteiger partial charge on any atom is -0.480 e. The van der Waals surface area contributed by atoms with Crippen molar-refractivity contribution < 1.29 is 23.5 Å². The molecule has 18 heavy (non-hydrogen) atoms. The second-order valence-electron chi connectivity index (χ2n) is 3.93. The van der Waals surface area contributed by atoms with E-state index < -0.39 is 35.5 Å². The van der Waals surface area contributed by atoms with Gasteiger partial charge in [0.1, 0.15) is 17.7 Å². The Morgan fingerprint density at radius 1 is 1.22 bits per heavy atom. The van der Waals surface area contributed by atoms with Gasteiger partial charge in [-0.2, -0.15) is 0 Å². The summed E-state index contributed by atoms with van der Waals surface area (Å²) >= 11 is 0. The lowest BCUT2D eigenvalue weighted by molar-refractivity contribution is -0.141. The van der Waals surface area contributed by atoms with Crippen molar-refractivity contribution in [2.24, 2.45) is 0 Å². The molecular weight excluding hydrogens is 244 g/mol. The lowest BCUT2D eigenvalue weighted by atomic mass is 9.98. The fraction of sp³-hybridized carbons (Fsp3) is 0.333. The summed E-state index contributed by atoms with van der Waals surface area (Å²) < 4.78 is 26.8. The number of hydrogen-bond acceptors (Lipinski definition) is 2. The second-order valence-corrected chi connectivity index (χ2v) is 3.93. The van der Waals surface area contributed by atoms with E-state index >= 15 is 0 Å². The van der Waals surface area contributed by atoms with Crippen LogP contribution in [0, 0.1) is 11.6 Å². The van der Waals surface area contributed by atoms with Crippen LogP contribution in [-0.4, -0.2) is 23.0 Å². The van der Waals surface area contributed by atoms with Crippen molar-refractivity contribution in [2.75, 3.05) is 0 Å². The van der Waals surface area contributed by atoms with Gasteiger partial charge >= 0.3 is 5.97 Å². The molecule has 0 saturated carbocycles. The van der Waals surface area contributed by atoms with Crippen LogP contribution in [0.2, 0.25) is 0 Å². The van der Waals surface area contributed by atoms with E-state index in [1.54, 1.807) is 0 Å². The van der Waals surface area contributed by atoms with Gasteiger partial charge in [-0.1, -0.05) is 6.07 Å². The molecule has 0 aliphatic heterocycles. The van der Waals surface area contributed by atoms with Gasteiger partial charge in [-0.05, 0) is 26.0 Å². The van der Waals surface area contributed by atoms with Gasteiger partial charge in [0.25, 0.3) is 0 Å². The van der Waals surface area contributed by atoms with Gasteiger partial charge < -0.3 is 10.4 Å². The van der Waals surface area contributed by atoms with Gasteiger partial charge in [0.05, 0.1) is 5.92 Å². The van der Waals surface area contributed by atoms with E-state index in [4.69, 9.17) is 5.11 Å². The second kappa shape index (κ2) is 5.57. The molecule has 1 rings (SSSR count). The first kappa shape index (κ1) is 14.1. The molecule has 0 aliphatic carbocycles. The minimum absolute atomic E-state index is 0.368. The van der Waals surface area contributed by atoms with Gasteiger partial charge in [0, 0.05) is 5.56 Å². The first-order valence-corrected chi connectivity index (χ1v) is 5.31. The Morgan fingerprint density at radius 2 is 1.72 bits per heavy atom. The Hall–Kier alpha value is -1.98. The third kappa shape index (κ3) is 3.03. The van der Waals surface area contributed by atoms with Crippen molar-refractivity contribution in [1.82, 2.24) is 5.32 Å². The molecule has 0 saturated heterocycles. The van der Waals surface area contributed by atoms with Gasteiger partial charge in [0.15, 0.2) is 0 Å². The van der Waals surface area contributed by atoms with E-state index in [1.165, 1.54) is 19.9 Å². The molecule has 1 aromatic rings. The lowest BCUT2D eigenvalue weighted by Gasteiger charge is -2.16. The van der Waals surface area contributed by atoms with Crippen LogP contribution < -0.4 is 5.32 Å². The minimum atomic E-state index is -1.22. The molecule has 0 bridgehead atoms. The number of benzene rings is 1. The maximum atomic E-state index is 13.4. The molecule has 0 fully saturated rings. The highest BCUT2D eigenvalue weighted by Crippen LogP contribution is 2.22. The van der Waals surface area contributed by atoms with Crippen molar-refractivity contribution in [2.45, 2.75) is 25.8 Å². The summed E-state index contributed by atoms with van der Waals surface area (Å²) in [5, 5.41) is 10.8. The van der Waals surface area contributed by atoms with Crippen molar-refractivity contribution in [1.29, 1.82) is 0 Å². The molecule has 4 nitrogen and oxygen atoms in total. The Labute approximate surface area is 103 Å². The summed E-state index contributed by atoms with van der Waals surface area (Å²) in [6.45, 7) is 2.58. The third-order valence-electron chi connectivity index (χ3n) is 2.56. The summed E-state index contributed by atoms with van der Waals surface area (Å²) in [5.74, 6) is -4.73. The average molecular weight is 257 g/mol. The molecule has 2 N–H and O–H groups in total. The van der Waals surface area contributed by atoms with Crippen LogP contribution in [0.15, 0.2) is 18.2 Å². The van der Waals surface area contributed by atoms with Crippen LogP contribution in [0.25, 0.3) is 0 Å². The third-order valence-corrected chi connectivity index (χ3v) is 2.56. The topological polar surface area (TPSA) is 66.4 Å². The summed E-state index contributed by atoms with van der Waals surface area (Å²) in [7, 11) is 0. The first-order chi connectivity index (χ1) is 8.34. The quantitative estimate of drug-likeness (QED) is 0.862. The number of rotatable bonds is 4. The smallest absolute Gasteiger partial charge is 0.325 e. The van der Waals surface area contributed by atoms with Crippen molar-refractivity contribution in [3.8, 4) is 0 Å². The molecule has 0 radical (unpaired) electrons. The average Bonchev–Trinajstić information content (AvgIpc) is 2.28. The largest absolute Gasteiger partial charge is 0.480 e. The Bertz CT molecular complexity index is 456. The zero-order valence-corrected chi connectivity index (χ0v) is 9.91. The lowest BCUT2D eigenvalue weighted by Crippen LogP contribution is -2.40. The molecule has 0 spiro atoms. The molecule has 0 aliphatic rings. The maximum absolute atomic E-state index is 13.4. The summed E-state index contributed by atoms with van der Waals surface area (Å²) in [6.07, 6.45) is 0. The summed E-state index contributed by atoms with van der Waals surface area (Å²) in [6, 6.07) is 2.17. The number of amides is 1. The number of aliphatic carboxylic acids is 1. The zero-order valence-electron chi connectivity index (χ0n) is 9.91. The molecular formula is C12H13F2NO3. The van der Waals surface area contributed by atoms with E-state index in [9.17, 15) is 18.4 Å².